The number of pyridine rings is 1. The van der Waals surface area contributed by atoms with Gasteiger partial charge >= 0.3 is 0 Å². The summed E-state index contributed by atoms with van der Waals surface area (Å²) >= 11 is 0. The first-order valence-electron chi connectivity index (χ1n) is 8.15. The number of fused-ring (bicyclic) bond motifs is 1. The molecule has 0 unspecified atom stereocenters. The van der Waals surface area contributed by atoms with E-state index < -0.39 is 0 Å². The number of nitrogens with zero attached hydrogens (tertiary/aromatic N) is 4. The molecule has 0 atom stereocenters. The van der Waals surface area contributed by atoms with E-state index in [4.69, 9.17) is 0 Å². The number of aromatic amines is 1. The van der Waals surface area contributed by atoms with Gasteiger partial charge in [0.05, 0.1) is 5.52 Å². The largest absolute Gasteiger partial charge is 0.335 e. The van der Waals surface area contributed by atoms with Crippen molar-refractivity contribution in [3.8, 4) is 0 Å². The van der Waals surface area contributed by atoms with Gasteiger partial charge in [-0.3, -0.25) is 19.8 Å². The number of piperazine rings is 1. The number of carbonyl (C=O) groups is 1. The number of hydrogen-bond acceptors (Lipinski definition) is 4. The Morgan fingerprint density at radius 2 is 1.79 bits per heavy atom. The summed E-state index contributed by atoms with van der Waals surface area (Å²) in [5.41, 5.74) is 2.67. The van der Waals surface area contributed by atoms with Gasteiger partial charge in [0.25, 0.3) is 5.91 Å². The zero-order valence-corrected chi connectivity index (χ0v) is 13.4. The van der Waals surface area contributed by atoms with Gasteiger partial charge in [-0.15, -0.1) is 0 Å². The lowest BCUT2D eigenvalue weighted by molar-refractivity contribution is 0.0624. The predicted octanol–water partition coefficient (Wildman–Crippen LogP) is 1.92. The highest BCUT2D eigenvalue weighted by atomic mass is 16.2. The molecule has 3 heterocycles. The third-order valence-corrected chi connectivity index (χ3v) is 4.49. The molecule has 1 aliphatic heterocycles. The first-order valence-corrected chi connectivity index (χ1v) is 8.15. The van der Waals surface area contributed by atoms with Crippen LogP contribution in [0.2, 0.25) is 0 Å². The lowest BCUT2D eigenvalue weighted by atomic mass is 10.2. The molecular formula is C18H19N5O. The van der Waals surface area contributed by atoms with E-state index in [0.29, 0.717) is 5.69 Å². The molecule has 1 saturated heterocycles. The van der Waals surface area contributed by atoms with Crippen LogP contribution >= 0.6 is 0 Å². The number of rotatable bonds is 3. The number of benzene rings is 1. The van der Waals surface area contributed by atoms with Crippen molar-refractivity contribution in [3.05, 3.63) is 60.0 Å². The van der Waals surface area contributed by atoms with E-state index in [9.17, 15) is 4.79 Å². The maximum absolute atomic E-state index is 12.8. The Balaban J connectivity index is 1.41. The Bertz CT molecular complexity index is 837. The molecule has 0 aliphatic carbocycles. The summed E-state index contributed by atoms with van der Waals surface area (Å²) in [5, 5.41) is 8.05. The number of H-pyrrole nitrogens is 1. The Labute approximate surface area is 140 Å². The molecule has 1 N–H and O–H groups in total. The normalized spacial score (nSPS) is 15.8. The molecule has 6 nitrogen and oxygen atoms in total. The summed E-state index contributed by atoms with van der Waals surface area (Å²) in [6, 6.07) is 11.8. The number of hydrogen-bond donors (Lipinski definition) is 1. The first-order chi connectivity index (χ1) is 11.8. The zero-order chi connectivity index (χ0) is 16.4. The molecule has 6 heteroatoms. The summed E-state index contributed by atoms with van der Waals surface area (Å²) in [5.74, 6) is 0.0102. The van der Waals surface area contributed by atoms with Crippen LogP contribution in [0.1, 0.15) is 16.1 Å². The first kappa shape index (κ1) is 14.8. The van der Waals surface area contributed by atoms with Crippen LogP contribution < -0.4 is 0 Å². The number of aromatic nitrogens is 3. The van der Waals surface area contributed by atoms with Gasteiger partial charge < -0.3 is 4.90 Å². The van der Waals surface area contributed by atoms with Crippen molar-refractivity contribution in [3.63, 3.8) is 0 Å². The van der Waals surface area contributed by atoms with Crippen LogP contribution in [0, 0.1) is 0 Å². The maximum atomic E-state index is 12.8. The summed E-state index contributed by atoms with van der Waals surface area (Å²) in [7, 11) is 0. The molecule has 122 valence electrons. The lowest BCUT2D eigenvalue weighted by Crippen LogP contribution is -2.48. The summed E-state index contributed by atoms with van der Waals surface area (Å²) in [6.07, 6.45) is 3.63. The molecule has 0 bridgehead atoms. The van der Waals surface area contributed by atoms with Crippen molar-refractivity contribution in [2.24, 2.45) is 0 Å². The fourth-order valence-electron chi connectivity index (χ4n) is 3.13. The van der Waals surface area contributed by atoms with Gasteiger partial charge in [0.15, 0.2) is 5.69 Å². The smallest absolute Gasteiger partial charge is 0.275 e. The van der Waals surface area contributed by atoms with E-state index in [1.807, 2.05) is 53.7 Å². The highest BCUT2D eigenvalue weighted by Gasteiger charge is 2.25. The standard InChI is InChI=1S/C18H19N5O/c24-18(17-15-3-1-2-4-16(15)20-21-17)23-11-9-22(10-12-23)13-14-5-7-19-8-6-14/h1-8H,9-13H2,(H,20,21). The van der Waals surface area contributed by atoms with Crippen molar-refractivity contribution in [2.45, 2.75) is 6.54 Å². The van der Waals surface area contributed by atoms with Crippen LogP contribution in [0.25, 0.3) is 10.9 Å². The number of nitrogens with one attached hydrogen (secondary N) is 1. The summed E-state index contributed by atoms with van der Waals surface area (Å²) in [4.78, 5) is 21.1. The number of carbonyl (C=O) groups excluding carboxylic acids is 1. The Morgan fingerprint density at radius 3 is 2.58 bits per heavy atom. The summed E-state index contributed by atoms with van der Waals surface area (Å²) < 4.78 is 0. The molecule has 1 amide bonds. The van der Waals surface area contributed by atoms with E-state index in [1.54, 1.807) is 0 Å². The van der Waals surface area contributed by atoms with E-state index in [-0.39, 0.29) is 5.91 Å². The van der Waals surface area contributed by atoms with Crippen molar-refractivity contribution >= 4 is 16.8 Å². The van der Waals surface area contributed by atoms with Crippen molar-refractivity contribution in [1.82, 2.24) is 25.0 Å². The highest BCUT2D eigenvalue weighted by molar-refractivity contribution is 6.04. The van der Waals surface area contributed by atoms with E-state index >= 15 is 0 Å². The average molecular weight is 321 g/mol. The van der Waals surface area contributed by atoms with Crippen LogP contribution in [0.5, 0.6) is 0 Å². The van der Waals surface area contributed by atoms with Crippen LogP contribution in [0.4, 0.5) is 0 Å². The van der Waals surface area contributed by atoms with Crippen LogP contribution in [0.3, 0.4) is 0 Å². The quantitative estimate of drug-likeness (QED) is 0.800. The second kappa shape index (κ2) is 6.41. The average Bonchev–Trinajstić information content (AvgIpc) is 3.07. The van der Waals surface area contributed by atoms with Crippen molar-refractivity contribution in [1.29, 1.82) is 0 Å². The maximum Gasteiger partial charge on any atom is 0.275 e. The van der Waals surface area contributed by atoms with Gasteiger partial charge in [0.1, 0.15) is 0 Å². The van der Waals surface area contributed by atoms with Gasteiger partial charge in [0, 0.05) is 50.5 Å². The SMILES string of the molecule is O=C(c1n[nH]c2ccccc12)N1CCN(Cc2ccncc2)CC1. The van der Waals surface area contributed by atoms with Gasteiger partial charge in [-0.2, -0.15) is 5.10 Å². The minimum absolute atomic E-state index is 0.0102. The molecule has 2 aromatic heterocycles. The molecule has 24 heavy (non-hydrogen) atoms. The second-order valence-electron chi connectivity index (χ2n) is 6.04. The minimum Gasteiger partial charge on any atom is -0.335 e. The third-order valence-electron chi connectivity index (χ3n) is 4.49. The van der Waals surface area contributed by atoms with Crippen LogP contribution in [-0.4, -0.2) is 57.1 Å². The molecule has 0 saturated carbocycles. The topological polar surface area (TPSA) is 65.1 Å². The monoisotopic (exact) mass is 321 g/mol. The van der Waals surface area contributed by atoms with Crippen LogP contribution in [-0.2, 0) is 6.54 Å². The van der Waals surface area contributed by atoms with E-state index in [0.717, 1.165) is 43.6 Å². The minimum atomic E-state index is 0.0102. The molecule has 0 radical (unpaired) electrons. The fraction of sp³-hybridized carbons (Fsp3) is 0.278. The van der Waals surface area contributed by atoms with Gasteiger partial charge in [-0.25, -0.2) is 0 Å². The second-order valence-corrected chi connectivity index (χ2v) is 6.04. The molecule has 1 aliphatic rings. The Hall–Kier alpha value is -2.73. The predicted molar refractivity (Wildman–Crippen MR) is 91.5 cm³/mol. The van der Waals surface area contributed by atoms with Crippen molar-refractivity contribution < 1.29 is 4.79 Å². The van der Waals surface area contributed by atoms with Gasteiger partial charge in [0.2, 0.25) is 0 Å². The molecule has 3 aromatic rings. The van der Waals surface area contributed by atoms with Crippen LogP contribution in [0.15, 0.2) is 48.8 Å². The molecule has 1 aromatic carbocycles. The molecule has 4 rings (SSSR count). The van der Waals surface area contributed by atoms with E-state index in [2.05, 4.69) is 20.1 Å². The zero-order valence-electron chi connectivity index (χ0n) is 13.4. The van der Waals surface area contributed by atoms with Crippen molar-refractivity contribution in [2.75, 3.05) is 26.2 Å². The number of amides is 1. The highest BCUT2D eigenvalue weighted by Crippen LogP contribution is 2.18. The van der Waals surface area contributed by atoms with Gasteiger partial charge in [-0.1, -0.05) is 18.2 Å². The Morgan fingerprint density at radius 1 is 1.04 bits per heavy atom. The lowest BCUT2D eigenvalue weighted by Gasteiger charge is -2.34. The van der Waals surface area contributed by atoms with Gasteiger partial charge in [-0.05, 0) is 23.8 Å². The van der Waals surface area contributed by atoms with E-state index in [1.165, 1.54) is 5.56 Å². The Kier molecular flexibility index (Phi) is 3.96. The molecule has 0 spiro atoms. The molecular weight excluding hydrogens is 302 g/mol. The molecule has 1 fully saturated rings. The number of para-hydroxylation sites is 1. The third kappa shape index (κ3) is 2.88. The fourth-order valence-corrected chi connectivity index (χ4v) is 3.13. The summed E-state index contributed by atoms with van der Waals surface area (Å²) in [6.45, 7) is 4.10.